The molecule has 1 saturated carbocycles. The molecule has 3 aromatic rings. The monoisotopic (exact) mass is 428 g/mol. The third kappa shape index (κ3) is 5.14. The predicted molar refractivity (Wildman–Crippen MR) is 128 cm³/mol. The number of amides is 2. The maximum absolute atomic E-state index is 12.8. The summed E-state index contributed by atoms with van der Waals surface area (Å²) in [5.41, 5.74) is 5.02. The highest BCUT2D eigenvalue weighted by Crippen LogP contribution is 2.29. The first kappa shape index (κ1) is 21.6. The van der Waals surface area contributed by atoms with Crippen LogP contribution >= 0.6 is 0 Å². The normalized spacial score (nSPS) is 12.8. The van der Waals surface area contributed by atoms with Gasteiger partial charge in [0.15, 0.2) is 0 Å². The molecule has 0 atom stereocenters. The van der Waals surface area contributed by atoms with E-state index >= 15 is 0 Å². The minimum atomic E-state index is -0.187. The van der Waals surface area contributed by atoms with E-state index in [0.717, 1.165) is 29.1 Å². The van der Waals surface area contributed by atoms with Crippen LogP contribution < -0.4 is 15.5 Å². The van der Waals surface area contributed by atoms with Gasteiger partial charge in [0, 0.05) is 43.7 Å². The summed E-state index contributed by atoms with van der Waals surface area (Å²) in [5.74, 6) is 1.16. The minimum Gasteiger partial charge on any atom is -0.363 e. The number of rotatable bonds is 7. The minimum absolute atomic E-state index is 0.0318. The molecule has 1 fully saturated rings. The van der Waals surface area contributed by atoms with E-state index < -0.39 is 0 Å². The molecule has 0 bridgehead atoms. The molecule has 2 aromatic carbocycles. The van der Waals surface area contributed by atoms with E-state index in [0.29, 0.717) is 22.7 Å². The Bertz CT molecular complexity index is 1130. The highest BCUT2D eigenvalue weighted by molar-refractivity contribution is 6.05. The molecule has 6 nitrogen and oxygen atoms in total. The Labute approximate surface area is 188 Å². The smallest absolute Gasteiger partial charge is 0.255 e. The molecule has 1 heterocycles. The molecule has 0 radical (unpaired) electrons. The van der Waals surface area contributed by atoms with E-state index in [1.54, 1.807) is 18.3 Å². The van der Waals surface area contributed by atoms with Crippen molar-refractivity contribution in [2.75, 3.05) is 30.9 Å². The fourth-order valence-electron chi connectivity index (χ4n) is 3.48. The zero-order chi connectivity index (χ0) is 22.7. The van der Waals surface area contributed by atoms with Gasteiger partial charge < -0.3 is 15.5 Å². The second-order valence-corrected chi connectivity index (χ2v) is 8.51. The first-order valence-corrected chi connectivity index (χ1v) is 10.8. The molecular formula is C26H28N4O2. The lowest BCUT2D eigenvalue weighted by Crippen LogP contribution is -2.25. The van der Waals surface area contributed by atoms with Gasteiger partial charge in [-0.15, -0.1) is 0 Å². The molecule has 0 aliphatic heterocycles. The number of benzene rings is 2. The summed E-state index contributed by atoms with van der Waals surface area (Å²) < 4.78 is 0. The fourth-order valence-corrected chi connectivity index (χ4v) is 3.48. The zero-order valence-corrected chi connectivity index (χ0v) is 18.7. The van der Waals surface area contributed by atoms with Gasteiger partial charge in [-0.25, -0.2) is 4.98 Å². The summed E-state index contributed by atoms with van der Waals surface area (Å²) in [6.45, 7) is 2.79. The number of aromatic nitrogens is 1. The maximum atomic E-state index is 12.8. The summed E-state index contributed by atoms with van der Waals surface area (Å²) in [4.78, 5) is 31.2. The fraction of sp³-hybridized carbons (Fsp3) is 0.269. The van der Waals surface area contributed by atoms with Gasteiger partial charge in [0.1, 0.15) is 5.82 Å². The SMILES string of the molecule is Cc1ccc(NC(=O)c2ccnc(N(C)C)c2)cc1-c1ccc(C(=O)NCC2CC2)cc1. The molecule has 32 heavy (non-hydrogen) atoms. The molecule has 164 valence electrons. The molecule has 1 aliphatic rings. The number of hydrogen-bond acceptors (Lipinski definition) is 4. The van der Waals surface area contributed by atoms with Gasteiger partial charge in [0.2, 0.25) is 0 Å². The Kier molecular flexibility index (Phi) is 6.21. The first-order chi connectivity index (χ1) is 15.4. The highest BCUT2D eigenvalue weighted by atomic mass is 16.2. The Morgan fingerprint density at radius 3 is 2.41 bits per heavy atom. The third-order valence-electron chi connectivity index (χ3n) is 5.67. The second-order valence-electron chi connectivity index (χ2n) is 8.51. The topological polar surface area (TPSA) is 74.3 Å². The molecule has 1 aromatic heterocycles. The zero-order valence-electron chi connectivity index (χ0n) is 18.7. The van der Waals surface area contributed by atoms with Gasteiger partial charge in [-0.3, -0.25) is 9.59 Å². The maximum Gasteiger partial charge on any atom is 0.255 e. The molecule has 6 heteroatoms. The number of nitrogens with zero attached hydrogens (tertiary/aromatic N) is 2. The molecule has 2 N–H and O–H groups in total. The molecule has 0 unspecified atom stereocenters. The number of pyridine rings is 1. The van der Waals surface area contributed by atoms with Crippen LogP contribution in [0.15, 0.2) is 60.8 Å². The largest absolute Gasteiger partial charge is 0.363 e. The van der Waals surface area contributed by atoms with Crippen LogP contribution in [-0.4, -0.2) is 37.4 Å². The van der Waals surface area contributed by atoms with Crippen molar-refractivity contribution in [3.63, 3.8) is 0 Å². The third-order valence-corrected chi connectivity index (χ3v) is 5.67. The summed E-state index contributed by atoms with van der Waals surface area (Å²) in [7, 11) is 3.77. The molecule has 0 saturated heterocycles. The molecule has 4 rings (SSSR count). The van der Waals surface area contributed by atoms with E-state index in [-0.39, 0.29) is 11.8 Å². The lowest BCUT2D eigenvalue weighted by Gasteiger charge is -2.13. The van der Waals surface area contributed by atoms with E-state index in [1.165, 1.54) is 12.8 Å². The average Bonchev–Trinajstić information content (AvgIpc) is 3.63. The summed E-state index contributed by atoms with van der Waals surface area (Å²) in [6.07, 6.45) is 4.06. The van der Waals surface area contributed by atoms with Crippen LogP contribution in [-0.2, 0) is 0 Å². The van der Waals surface area contributed by atoms with Crippen LogP contribution in [0.4, 0.5) is 11.5 Å². The number of carbonyl (C=O) groups excluding carboxylic acids is 2. The van der Waals surface area contributed by atoms with Crippen molar-refractivity contribution in [1.82, 2.24) is 10.3 Å². The lowest BCUT2D eigenvalue weighted by molar-refractivity contribution is 0.0951. The summed E-state index contributed by atoms with van der Waals surface area (Å²) >= 11 is 0. The summed E-state index contributed by atoms with van der Waals surface area (Å²) in [5, 5.41) is 5.97. The molecule has 2 amide bonds. The van der Waals surface area contributed by atoms with E-state index in [9.17, 15) is 9.59 Å². The number of aryl methyl sites for hydroxylation is 1. The van der Waals surface area contributed by atoms with E-state index in [2.05, 4.69) is 15.6 Å². The van der Waals surface area contributed by atoms with Crippen LogP contribution in [0.3, 0.4) is 0 Å². The standard InChI is InChI=1S/C26H28N4O2/c1-17-4-11-22(29-26(32)21-12-13-27-24(14-21)30(2)3)15-23(17)19-7-9-20(10-8-19)25(31)28-16-18-5-6-18/h4,7-15,18H,5-6,16H2,1-3H3,(H,28,31)(H,29,32). The lowest BCUT2D eigenvalue weighted by atomic mass is 9.98. The number of carbonyl (C=O) groups is 2. The van der Waals surface area contributed by atoms with Gasteiger partial charge in [-0.1, -0.05) is 18.2 Å². The van der Waals surface area contributed by atoms with Crippen LogP contribution in [0, 0.1) is 12.8 Å². The van der Waals surface area contributed by atoms with Crippen molar-refractivity contribution in [3.8, 4) is 11.1 Å². The van der Waals surface area contributed by atoms with Gasteiger partial charge in [-0.05, 0) is 78.8 Å². The van der Waals surface area contributed by atoms with Crippen LogP contribution in [0.25, 0.3) is 11.1 Å². The molecule has 1 aliphatic carbocycles. The molecule has 0 spiro atoms. The Morgan fingerprint density at radius 2 is 1.72 bits per heavy atom. The van der Waals surface area contributed by atoms with Crippen molar-refractivity contribution in [3.05, 3.63) is 77.5 Å². The molecular weight excluding hydrogens is 400 g/mol. The van der Waals surface area contributed by atoms with Crippen LogP contribution in [0.5, 0.6) is 0 Å². The highest BCUT2D eigenvalue weighted by Gasteiger charge is 2.21. The Balaban J connectivity index is 1.49. The van der Waals surface area contributed by atoms with Crippen molar-refractivity contribution >= 4 is 23.3 Å². The Hall–Kier alpha value is -3.67. The van der Waals surface area contributed by atoms with Gasteiger partial charge >= 0.3 is 0 Å². The van der Waals surface area contributed by atoms with Crippen LogP contribution in [0.2, 0.25) is 0 Å². The number of nitrogens with one attached hydrogen (secondary N) is 2. The van der Waals surface area contributed by atoms with E-state index in [4.69, 9.17) is 0 Å². The van der Waals surface area contributed by atoms with Gasteiger partial charge in [0.25, 0.3) is 11.8 Å². The quantitative estimate of drug-likeness (QED) is 0.580. The van der Waals surface area contributed by atoms with Crippen molar-refractivity contribution in [2.45, 2.75) is 19.8 Å². The van der Waals surface area contributed by atoms with Crippen molar-refractivity contribution < 1.29 is 9.59 Å². The predicted octanol–water partition coefficient (Wildman–Crippen LogP) is 4.52. The van der Waals surface area contributed by atoms with Crippen molar-refractivity contribution in [2.24, 2.45) is 5.92 Å². The first-order valence-electron chi connectivity index (χ1n) is 10.8. The summed E-state index contributed by atoms with van der Waals surface area (Å²) in [6, 6.07) is 16.9. The van der Waals surface area contributed by atoms with Crippen molar-refractivity contribution in [1.29, 1.82) is 0 Å². The second kappa shape index (κ2) is 9.22. The van der Waals surface area contributed by atoms with E-state index in [1.807, 2.05) is 68.4 Å². The number of hydrogen-bond donors (Lipinski definition) is 2. The van der Waals surface area contributed by atoms with Gasteiger partial charge in [0.05, 0.1) is 0 Å². The average molecular weight is 429 g/mol. The Morgan fingerprint density at radius 1 is 0.969 bits per heavy atom. The van der Waals surface area contributed by atoms with Gasteiger partial charge in [-0.2, -0.15) is 0 Å². The van der Waals surface area contributed by atoms with Crippen LogP contribution in [0.1, 0.15) is 39.1 Å². The number of anilines is 2.